The zero-order valence-corrected chi connectivity index (χ0v) is 32.2. The molecule has 274 valence electrons. The predicted molar refractivity (Wildman–Crippen MR) is 246 cm³/mol. The number of hydrogen-bond donors (Lipinski definition) is 0. The quantitative estimate of drug-likeness (QED) is 0.179. The lowest BCUT2D eigenvalue weighted by Gasteiger charge is -2.16. The maximum Gasteiger partial charge on any atom is 0.166 e. The second kappa shape index (κ2) is 12.4. The number of para-hydroxylation sites is 2. The molecule has 0 N–H and O–H groups in total. The van der Waals surface area contributed by atoms with Gasteiger partial charge in [-0.25, -0.2) is 15.0 Å². The predicted octanol–water partition coefficient (Wildman–Crippen LogP) is 14.5. The van der Waals surface area contributed by atoms with Crippen LogP contribution in [0.3, 0.4) is 0 Å². The fourth-order valence-electron chi connectivity index (χ4n) is 9.07. The van der Waals surface area contributed by atoms with Crippen LogP contribution in [-0.2, 0) is 0 Å². The van der Waals surface area contributed by atoms with Crippen molar-refractivity contribution in [3.05, 3.63) is 182 Å². The molecule has 0 atom stereocenters. The molecule has 0 aliphatic rings. The molecule has 6 heteroatoms. The van der Waals surface area contributed by atoms with Crippen molar-refractivity contribution < 1.29 is 4.42 Å². The number of aromatic nitrogens is 4. The third-order valence-electron chi connectivity index (χ3n) is 11.8. The SMILES string of the molecule is c1ccc2cc(-c3nc(-c4ccc5sc6ccccc6c5c4)nc(-c4c(-n5c6ccccc6c6cc7ccccc7cc65)ccc5oc6ccccc6c45)n3)ccc2c1. The summed E-state index contributed by atoms with van der Waals surface area (Å²) in [5, 5.41) is 11.4. The average Bonchev–Trinajstić information content (AvgIpc) is 3.96. The van der Waals surface area contributed by atoms with Crippen LogP contribution in [0.25, 0.3) is 125 Å². The number of rotatable bonds is 4. The molecule has 4 heterocycles. The fraction of sp³-hybridized carbons (Fsp3) is 0. The summed E-state index contributed by atoms with van der Waals surface area (Å²) in [6.07, 6.45) is 0. The van der Waals surface area contributed by atoms with E-state index < -0.39 is 0 Å². The Morgan fingerprint density at radius 3 is 1.86 bits per heavy atom. The van der Waals surface area contributed by atoms with E-state index in [1.165, 1.54) is 41.7 Å². The highest BCUT2D eigenvalue weighted by molar-refractivity contribution is 7.25. The van der Waals surface area contributed by atoms with Gasteiger partial charge in [0.15, 0.2) is 17.5 Å². The van der Waals surface area contributed by atoms with Crippen LogP contribution in [0.2, 0.25) is 0 Å². The topological polar surface area (TPSA) is 56.7 Å². The zero-order chi connectivity index (χ0) is 38.6. The lowest BCUT2D eigenvalue weighted by Crippen LogP contribution is -2.04. The van der Waals surface area contributed by atoms with Crippen LogP contribution in [0.1, 0.15) is 0 Å². The van der Waals surface area contributed by atoms with Crippen molar-refractivity contribution in [3.63, 3.8) is 0 Å². The monoisotopic (exact) mass is 770 g/mol. The standard InChI is InChI=1S/C53H30N4OS/c1-2-12-32-27-35(22-21-31(32)11-1)51-54-52(36-23-26-48-41(29-36)38-16-7-10-20-47(38)59-48)56-53(55-51)50-43(24-25-46-49(50)39-17-6-9-19-45(39)58-46)57-42-18-8-5-15-37(42)40-28-33-13-3-4-14-34(33)30-44(40)57/h1-30H. The average molecular weight is 771 g/mol. The largest absolute Gasteiger partial charge is 0.456 e. The summed E-state index contributed by atoms with van der Waals surface area (Å²) in [6, 6.07) is 64.4. The Balaban J connectivity index is 1.16. The number of benzene rings is 9. The molecule has 0 radical (unpaired) electrons. The van der Waals surface area contributed by atoms with E-state index in [-0.39, 0.29) is 0 Å². The summed E-state index contributed by atoms with van der Waals surface area (Å²) in [6.45, 7) is 0. The highest BCUT2D eigenvalue weighted by Crippen LogP contribution is 2.44. The minimum absolute atomic E-state index is 0.576. The van der Waals surface area contributed by atoms with Crippen molar-refractivity contribution in [2.24, 2.45) is 0 Å². The van der Waals surface area contributed by atoms with E-state index in [2.05, 4.69) is 174 Å². The molecule has 9 aromatic carbocycles. The van der Waals surface area contributed by atoms with Crippen molar-refractivity contribution in [3.8, 4) is 39.9 Å². The van der Waals surface area contributed by atoms with E-state index in [1.54, 1.807) is 11.3 Å². The van der Waals surface area contributed by atoms with E-state index >= 15 is 0 Å². The summed E-state index contributed by atoms with van der Waals surface area (Å²) >= 11 is 1.81. The Hall–Kier alpha value is -7.67. The molecule has 13 rings (SSSR count). The molecule has 0 saturated heterocycles. The first kappa shape index (κ1) is 32.4. The van der Waals surface area contributed by atoms with Gasteiger partial charge in [0.1, 0.15) is 11.2 Å². The van der Waals surface area contributed by atoms with Crippen molar-refractivity contribution in [1.29, 1.82) is 0 Å². The minimum atomic E-state index is 0.576. The molecular weight excluding hydrogens is 741 g/mol. The maximum atomic E-state index is 6.60. The molecule has 0 spiro atoms. The molecule has 59 heavy (non-hydrogen) atoms. The molecule has 0 fully saturated rings. The van der Waals surface area contributed by atoms with Crippen LogP contribution in [0, 0.1) is 0 Å². The molecule has 0 aliphatic heterocycles. The van der Waals surface area contributed by atoms with Gasteiger partial charge < -0.3 is 8.98 Å². The van der Waals surface area contributed by atoms with Crippen LogP contribution < -0.4 is 0 Å². The number of fused-ring (bicyclic) bond motifs is 11. The van der Waals surface area contributed by atoms with Gasteiger partial charge in [-0.15, -0.1) is 11.3 Å². The summed E-state index contributed by atoms with van der Waals surface area (Å²) in [4.78, 5) is 16.2. The van der Waals surface area contributed by atoms with E-state index in [0.717, 1.165) is 66.1 Å². The lowest BCUT2D eigenvalue weighted by molar-refractivity contribution is 0.669. The van der Waals surface area contributed by atoms with Gasteiger partial charge in [0.25, 0.3) is 0 Å². The van der Waals surface area contributed by atoms with Crippen LogP contribution in [0.15, 0.2) is 186 Å². The second-order valence-corrected chi connectivity index (χ2v) is 16.3. The Morgan fingerprint density at radius 1 is 0.390 bits per heavy atom. The Bertz CT molecular complexity index is 3870. The summed E-state index contributed by atoms with van der Waals surface area (Å²) < 4.78 is 11.5. The first-order valence-electron chi connectivity index (χ1n) is 19.8. The van der Waals surface area contributed by atoms with Gasteiger partial charge >= 0.3 is 0 Å². The normalized spacial score (nSPS) is 12.1. The Kier molecular flexibility index (Phi) is 6.82. The smallest absolute Gasteiger partial charge is 0.166 e. The van der Waals surface area contributed by atoms with Gasteiger partial charge in [-0.1, -0.05) is 115 Å². The van der Waals surface area contributed by atoms with Crippen LogP contribution in [0.4, 0.5) is 0 Å². The van der Waals surface area contributed by atoms with Gasteiger partial charge in [-0.05, 0) is 88.3 Å². The van der Waals surface area contributed by atoms with Gasteiger partial charge in [-0.2, -0.15) is 0 Å². The van der Waals surface area contributed by atoms with Crippen molar-refractivity contribution in [2.45, 2.75) is 0 Å². The van der Waals surface area contributed by atoms with Crippen molar-refractivity contribution in [1.82, 2.24) is 19.5 Å². The summed E-state index contributed by atoms with van der Waals surface area (Å²) in [7, 11) is 0. The van der Waals surface area contributed by atoms with Crippen molar-refractivity contribution in [2.75, 3.05) is 0 Å². The second-order valence-electron chi connectivity index (χ2n) is 15.2. The van der Waals surface area contributed by atoms with Gasteiger partial charge in [0, 0.05) is 52.8 Å². The molecule has 5 nitrogen and oxygen atoms in total. The molecule has 0 saturated carbocycles. The Labute approximate surface area is 341 Å². The van der Waals surface area contributed by atoms with Crippen molar-refractivity contribution >= 4 is 96.8 Å². The molecule has 4 aromatic heterocycles. The van der Waals surface area contributed by atoms with Crippen LogP contribution in [0.5, 0.6) is 0 Å². The number of nitrogens with zero attached hydrogens (tertiary/aromatic N) is 4. The lowest BCUT2D eigenvalue weighted by atomic mass is 10.0. The first-order valence-corrected chi connectivity index (χ1v) is 20.6. The molecular formula is C53H30N4OS. The summed E-state index contributed by atoms with van der Waals surface area (Å²) in [5.74, 6) is 1.79. The fourth-order valence-corrected chi connectivity index (χ4v) is 10.2. The van der Waals surface area contributed by atoms with E-state index in [4.69, 9.17) is 19.4 Å². The molecule has 0 aliphatic carbocycles. The Morgan fingerprint density at radius 2 is 1.02 bits per heavy atom. The zero-order valence-electron chi connectivity index (χ0n) is 31.4. The van der Waals surface area contributed by atoms with Gasteiger partial charge in [0.2, 0.25) is 0 Å². The van der Waals surface area contributed by atoms with E-state index in [9.17, 15) is 0 Å². The summed E-state index contributed by atoms with van der Waals surface area (Å²) in [5.41, 5.74) is 7.50. The van der Waals surface area contributed by atoms with Gasteiger partial charge in [-0.3, -0.25) is 0 Å². The molecule has 0 amide bonds. The highest BCUT2D eigenvalue weighted by Gasteiger charge is 2.25. The van der Waals surface area contributed by atoms with E-state index in [0.29, 0.717) is 17.5 Å². The number of thiophene rings is 1. The van der Waals surface area contributed by atoms with Gasteiger partial charge in [0.05, 0.1) is 22.3 Å². The van der Waals surface area contributed by atoms with E-state index in [1.807, 2.05) is 12.1 Å². The minimum Gasteiger partial charge on any atom is -0.456 e. The molecule has 0 unspecified atom stereocenters. The maximum absolute atomic E-state index is 6.60. The highest BCUT2D eigenvalue weighted by atomic mass is 32.1. The number of hydrogen-bond acceptors (Lipinski definition) is 5. The number of furan rings is 1. The third kappa shape index (κ3) is 4.94. The van der Waals surface area contributed by atoms with Crippen LogP contribution >= 0.6 is 11.3 Å². The first-order chi connectivity index (χ1) is 29.2. The third-order valence-corrected chi connectivity index (χ3v) is 13.0. The molecule has 13 aromatic rings. The molecule has 0 bridgehead atoms. The van der Waals surface area contributed by atoms with Crippen LogP contribution in [-0.4, -0.2) is 19.5 Å².